The van der Waals surface area contributed by atoms with Gasteiger partial charge in [-0.05, 0) is 56.0 Å². The van der Waals surface area contributed by atoms with Crippen LogP contribution < -0.4 is 9.62 Å². The molecular formula is C33H39Cl2N3O4S. The van der Waals surface area contributed by atoms with Gasteiger partial charge in [-0.3, -0.25) is 13.9 Å². The Morgan fingerprint density at radius 1 is 0.930 bits per heavy atom. The van der Waals surface area contributed by atoms with Gasteiger partial charge in [0.1, 0.15) is 6.04 Å². The molecular weight excluding hydrogens is 605 g/mol. The maximum Gasteiger partial charge on any atom is 0.243 e. The fourth-order valence-corrected chi connectivity index (χ4v) is 6.97. The predicted octanol–water partition coefficient (Wildman–Crippen LogP) is 6.55. The first-order chi connectivity index (χ1) is 20.5. The van der Waals surface area contributed by atoms with Crippen LogP contribution in [0.1, 0.15) is 55.2 Å². The van der Waals surface area contributed by atoms with E-state index in [-0.39, 0.29) is 43.8 Å². The highest BCUT2D eigenvalue weighted by Gasteiger charge is 2.33. The lowest BCUT2D eigenvalue weighted by Crippen LogP contribution is -2.52. The van der Waals surface area contributed by atoms with Crippen molar-refractivity contribution in [1.29, 1.82) is 0 Å². The molecule has 1 N–H and O–H groups in total. The van der Waals surface area contributed by atoms with Crippen molar-refractivity contribution in [3.63, 3.8) is 0 Å². The maximum atomic E-state index is 14.0. The molecule has 0 bridgehead atoms. The van der Waals surface area contributed by atoms with Gasteiger partial charge in [0.15, 0.2) is 0 Å². The van der Waals surface area contributed by atoms with Gasteiger partial charge in [0.25, 0.3) is 0 Å². The van der Waals surface area contributed by atoms with Crippen LogP contribution in [0.15, 0.2) is 72.8 Å². The van der Waals surface area contributed by atoms with Crippen LogP contribution >= 0.6 is 23.2 Å². The van der Waals surface area contributed by atoms with E-state index in [0.717, 1.165) is 43.1 Å². The molecule has 1 saturated carbocycles. The summed E-state index contributed by atoms with van der Waals surface area (Å²) >= 11 is 13.1. The van der Waals surface area contributed by atoms with Crippen molar-refractivity contribution in [2.24, 2.45) is 0 Å². The third-order valence-electron chi connectivity index (χ3n) is 7.84. The van der Waals surface area contributed by atoms with E-state index in [2.05, 4.69) is 5.32 Å². The molecule has 0 aromatic heterocycles. The first-order valence-electron chi connectivity index (χ1n) is 14.6. The van der Waals surface area contributed by atoms with Gasteiger partial charge in [-0.1, -0.05) is 90.1 Å². The number of rotatable bonds is 13. The maximum absolute atomic E-state index is 14.0. The Hall–Kier alpha value is -3.07. The molecule has 0 heterocycles. The van der Waals surface area contributed by atoms with Crippen LogP contribution in [0.2, 0.25) is 10.0 Å². The summed E-state index contributed by atoms with van der Waals surface area (Å²) in [7, 11) is -3.58. The second-order valence-corrected chi connectivity index (χ2v) is 13.9. The van der Waals surface area contributed by atoms with Crippen molar-refractivity contribution in [2.75, 3.05) is 17.1 Å². The minimum absolute atomic E-state index is 0.0297. The van der Waals surface area contributed by atoms with Crippen molar-refractivity contribution < 1.29 is 18.0 Å². The Morgan fingerprint density at radius 2 is 1.56 bits per heavy atom. The monoisotopic (exact) mass is 643 g/mol. The highest BCUT2D eigenvalue weighted by molar-refractivity contribution is 7.92. The lowest BCUT2D eigenvalue weighted by molar-refractivity contribution is -0.141. The van der Waals surface area contributed by atoms with Crippen molar-refractivity contribution >= 4 is 50.7 Å². The number of anilines is 1. The minimum Gasteiger partial charge on any atom is -0.352 e. The van der Waals surface area contributed by atoms with Gasteiger partial charge >= 0.3 is 0 Å². The summed E-state index contributed by atoms with van der Waals surface area (Å²) in [6, 6.07) is 21.2. The second-order valence-electron chi connectivity index (χ2n) is 11.2. The van der Waals surface area contributed by atoms with Gasteiger partial charge < -0.3 is 10.2 Å². The Kier molecular flexibility index (Phi) is 11.5. The number of aryl methyl sites for hydroxylation is 1. The third kappa shape index (κ3) is 9.21. The Morgan fingerprint density at radius 3 is 2.16 bits per heavy atom. The molecule has 0 spiro atoms. The number of nitrogens with zero attached hydrogens (tertiary/aromatic N) is 2. The molecule has 43 heavy (non-hydrogen) atoms. The molecule has 1 aliphatic carbocycles. The summed E-state index contributed by atoms with van der Waals surface area (Å²) in [4.78, 5) is 29.5. The Bertz CT molecular complexity index is 1470. The number of nitrogens with one attached hydrogen (secondary N) is 1. The number of hydrogen-bond donors (Lipinski definition) is 1. The summed E-state index contributed by atoms with van der Waals surface area (Å²) in [5.41, 5.74) is 3.03. The van der Waals surface area contributed by atoms with Gasteiger partial charge in [-0.15, -0.1) is 0 Å². The second kappa shape index (κ2) is 15.1. The molecule has 0 aliphatic heterocycles. The van der Waals surface area contributed by atoms with Gasteiger partial charge in [-0.25, -0.2) is 8.42 Å². The lowest BCUT2D eigenvalue weighted by atomic mass is 10.0. The van der Waals surface area contributed by atoms with Crippen molar-refractivity contribution in [3.05, 3.63) is 99.5 Å². The standard InChI is InChI=1S/C33H39Cl2N3O4S/c1-24-17-19-27(20-18-24)38(43(2,41)42)21-9-16-32(39)37(23-28-29(34)14-8-15-30(28)35)31(22-25-10-4-3-5-11-25)33(40)36-26-12-6-7-13-26/h3-5,8,10-11,14-15,17-20,26,31H,6-7,9,12-13,16,21-23H2,1-2H3,(H,36,40)/t31-/m0/s1. The number of halogens is 2. The zero-order valence-corrected chi connectivity index (χ0v) is 27.0. The molecule has 1 atom stereocenters. The number of hydrogen-bond acceptors (Lipinski definition) is 4. The molecule has 3 aromatic carbocycles. The zero-order valence-electron chi connectivity index (χ0n) is 24.6. The molecule has 0 saturated heterocycles. The van der Waals surface area contributed by atoms with E-state index in [9.17, 15) is 18.0 Å². The molecule has 7 nitrogen and oxygen atoms in total. The van der Waals surface area contributed by atoms with Crippen molar-refractivity contribution in [3.8, 4) is 0 Å². The van der Waals surface area contributed by atoms with Crippen molar-refractivity contribution in [2.45, 2.75) is 70.5 Å². The van der Waals surface area contributed by atoms with E-state index < -0.39 is 16.1 Å². The Balaban J connectivity index is 1.62. The first kappa shape index (κ1) is 32.8. The van der Waals surface area contributed by atoms with E-state index in [1.54, 1.807) is 35.2 Å². The highest BCUT2D eigenvalue weighted by Crippen LogP contribution is 2.28. The lowest BCUT2D eigenvalue weighted by Gasteiger charge is -2.33. The number of benzene rings is 3. The minimum atomic E-state index is -3.58. The molecule has 0 radical (unpaired) electrons. The van der Waals surface area contributed by atoms with Gasteiger partial charge in [0, 0.05) is 47.6 Å². The fourth-order valence-electron chi connectivity index (χ4n) is 5.49. The zero-order chi connectivity index (χ0) is 31.0. The highest BCUT2D eigenvalue weighted by atomic mass is 35.5. The van der Waals surface area contributed by atoms with Crippen LogP contribution in [-0.2, 0) is 32.6 Å². The summed E-state index contributed by atoms with van der Waals surface area (Å²) in [6.07, 6.45) is 5.70. The SMILES string of the molecule is Cc1ccc(N(CCCC(=O)N(Cc2c(Cl)cccc2Cl)[C@@H](Cc2ccccc2)C(=O)NC2CCCC2)S(C)(=O)=O)cc1. The van der Waals surface area contributed by atoms with Crippen LogP contribution in [0, 0.1) is 6.92 Å². The molecule has 1 aliphatic rings. The molecule has 10 heteroatoms. The number of carbonyl (C=O) groups is 2. The fraction of sp³-hybridized carbons (Fsp3) is 0.394. The summed E-state index contributed by atoms with van der Waals surface area (Å²) < 4.78 is 26.6. The number of sulfonamides is 1. The third-order valence-corrected chi connectivity index (χ3v) is 9.74. The van der Waals surface area contributed by atoms with E-state index in [0.29, 0.717) is 27.7 Å². The van der Waals surface area contributed by atoms with Gasteiger partial charge in [0.2, 0.25) is 21.8 Å². The van der Waals surface area contributed by atoms with E-state index >= 15 is 0 Å². The normalized spacial score (nSPS) is 14.3. The molecule has 1 fully saturated rings. The van der Waals surface area contributed by atoms with Gasteiger partial charge in [-0.2, -0.15) is 0 Å². The number of carbonyl (C=O) groups excluding carboxylic acids is 2. The molecule has 230 valence electrons. The molecule has 0 unspecified atom stereocenters. The number of amides is 2. The van der Waals surface area contributed by atoms with Crippen LogP contribution in [0.25, 0.3) is 0 Å². The van der Waals surface area contributed by atoms with Crippen LogP contribution in [0.3, 0.4) is 0 Å². The molecule has 4 rings (SSSR count). The Labute approximate surface area is 265 Å². The van der Waals surface area contributed by atoms with Crippen LogP contribution in [0.5, 0.6) is 0 Å². The van der Waals surface area contributed by atoms with Gasteiger partial charge in [0.05, 0.1) is 11.9 Å². The average molecular weight is 645 g/mol. The largest absolute Gasteiger partial charge is 0.352 e. The average Bonchev–Trinajstić information content (AvgIpc) is 3.48. The van der Waals surface area contributed by atoms with E-state index in [4.69, 9.17) is 23.2 Å². The van der Waals surface area contributed by atoms with Crippen LogP contribution in [0.4, 0.5) is 5.69 Å². The topological polar surface area (TPSA) is 86.8 Å². The molecule has 2 amide bonds. The molecule has 3 aromatic rings. The van der Waals surface area contributed by atoms with E-state index in [1.807, 2.05) is 49.4 Å². The smallest absolute Gasteiger partial charge is 0.243 e. The quantitative estimate of drug-likeness (QED) is 0.229. The van der Waals surface area contributed by atoms with Crippen LogP contribution in [-0.4, -0.2) is 50.0 Å². The summed E-state index contributed by atoms with van der Waals surface area (Å²) in [5, 5.41) is 3.99. The summed E-state index contributed by atoms with van der Waals surface area (Å²) in [5.74, 6) is -0.499. The summed E-state index contributed by atoms with van der Waals surface area (Å²) in [6.45, 7) is 2.09. The van der Waals surface area contributed by atoms with Crippen molar-refractivity contribution in [1.82, 2.24) is 10.2 Å². The first-order valence-corrected chi connectivity index (χ1v) is 17.2. The van der Waals surface area contributed by atoms with E-state index in [1.165, 1.54) is 4.31 Å². The predicted molar refractivity (Wildman–Crippen MR) is 174 cm³/mol.